The molecule has 4 aromatic rings. The van der Waals surface area contributed by atoms with E-state index in [-0.39, 0.29) is 23.7 Å². The second-order valence-corrected chi connectivity index (χ2v) is 9.01. The van der Waals surface area contributed by atoms with Crippen LogP contribution in [0.4, 0.5) is 5.82 Å². The van der Waals surface area contributed by atoms with Crippen LogP contribution in [0.2, 0.25) is 0 Å². The predicted molar refractivity (Wildman–Crippen MR) is 139 cm³/mol. The average Bonchev–Trinajstić information content (AvgIpc) is 3.57. The molecule has 2 aromatic heterocycles. The fourth-order valence-corrected chi connectivity index (χ4v) is 4.63. The normalized spacial score (nSPS) is 15.1. The highest BCUT2D eigenvalue weighted by molar-refractivity contribution is 5.99. The summed E-state index contributed by atoms with van der Waals surface area (Å²) in [6, 6.07) is 19.3. The van der Waals surface area contributed by atoms with Gasteiger partial charge in [-0.25, -0.2) is 4.98 Å². The van der Waals surface area contributed by atoms with Crippen molar-refractivity contribution in [3.63, 3.8) is 0 Å². The van der Waals surface area contributed by atoms with Crippen molar-refractivity contribution in [2.75, 3.05) is 18.8 Å². The molecule has 182 valence electrons. The van der Waals surface area contributed by atoms with E-state index in [0.717, 1.165) is 35.1 Å². The van der Waals surface area contributed by atoms with Gasteiger partial charge < -0.3 is 16.0 Å². The molecule has 0 saturated carbocycles. The Hall–Kier alpha value is -4.46. The molecule has 2 aromatic carbocycles. The van der Waals surface area contributed by atoms with Gasteiger partial charge in [-0.3, -0.25) is 14.3 Å². The number of nitrogens with one attached hydrogen (secondary N) is 1. The summed E-state index contributed by atoms with van der Waals surface area (Å²) in [4.78, 5) is 32.4. The van der Waals surface area contributed by atoms with Gasteiger partial charge in [0.1, 0.15) is 5.82 Å². The Morgan fingerprint density at radius 1 is 1.00 bits per heavy atom. The maximum atomic E-state index is 13.4. The van der Waals surface area contributed by atoms with Crippen LogP contribution in [-0.2, 0) is 7.05 Å². The molecule has 1 aliphatic heterocycles. The van der Waals surface area contributed by atoms with Gasteiger partial charge in [-0.1, -0.05) is 42.5 Å². The minimum Gasteiger partial charge on any atom is -0.383 e. The first-order valence-corrected chi connectivity index (χ1v) is 12.0. The minimum atomic E-state index is -0.309. The SMILES string of the molecule is Cn1cc(-c2cnc(N)c(C(=O)NC[C@H]3CCCN3C(=O)c3cccc(-c4ccccc4)c3)c2)cn1. The maximum Gasteiger partial charge on any atom is 0.255 e. The molecule has 1 atom stereocenters. The Kier molecular flexibility index (Phi) is 6.49. The number of nitrogens with zero attached hydrogens (tertiary/aromatic N) is 4. The number of aromatic nitrogens is 3. The highest BCUT2D eigenvalue weighted by Gasteiger charge is 2.30. The van der Waals surface area contributed by atoms with Crippen LogP contribution in [0.5, 0.6) is 0 Å². The van der Waals surface area contributed by atoms with Crippen LogP contribution in [0, 0.1) is 0 Å². The molecule has 5 rings (SSSR count). The van der Waals surface area contributed by atoms with Crippen molar-refractivity contribution in [1.82, 2.24) is 25.0 Å². The smallest absolute Gasteiger partial charge is 0.255 e. The number of anilines is 1. The molecule has 3 N–H and O–H groups in total. The summed E-state index contributed by atoms with van der Waals surface area (Å²) in [7, 11) is 1.83. The summed E-state index contributed by atoms with van der Waals surface area (Å²) in [5.41, 5.74) is 10.6. The first-order valence-electron chi connectivity index (χ1n) is 12.0. The third-order valence-electron chi connectivity index (χ3n) is 6.55. The molecule has 8 nitrogen and oxygen atoms in total. The zero-order valence-electron chi connectivity index (χ0n) is 20.1. The van der Waals surface area contributed by atoms with Crippen LogP contribution >= 0.6 is 0 Å². The monoisotopic (exact) mass is 480 g/mol. The standard InChI is InChI=1S/C28H28N6O2/c1-33-18-23(16-32-33)22-14-25(26(29)30-15-22)27(35)31-17-24-11-6-12-34(24)28(36)21-10-5-9-20(13-21)19-7-3-2-4-8-19/h2-5,7-10,13-16,18,24H,6,11-12,17H2,1H3,(H2,29,30)(H,31,35)/t24-/m1/s1. The molecule has 1 fully saturated rings. The second-order valence-electron chi connectivity index (χ2n) is 9.01. The number of aryl methyl sites for hydroxylation is 1. The quantitative estimate of drug-likeness (QED) is 0.437. The molecule has 1 saturated heterocycles. The molecule has 8 heteroatoms. The van der Waals surface area contributed by atoms with E-state index in [4.69, 9.17) is 5.73 Å². The number of pyridine rings is 1. The number of carbonyl (C=O) groups is 2. The Morgan fingerprint density at radius 3 is 2.58 bits per heavy atom. The molecule has 3 heterocycles. The van der Waals surface area contributed by atoms with Crippen molar-refractivity contribution >= 4 is 17.6 Å². The predicted octanol–water partition coefficient (Wildman–Crippen LogP) is 3.77. The lowest BCUT2D eigenvalue weighted by atomic mass is 10.0. The Morgan fingerprint density at radius 2 is 1.81 bits per heavy atom. The molecule has 0 aliphatic carbocycles. The number of likely N-dealkylation sites (tertiary alicyclic amines) is 1. The minimum absolute atomic E-state index is 0.0238. The van der Waals surface area contributed by atoms with Crippen molar-refractivity contribution in [3.8, 4) is 22.3 Å². The molecule has 36 heavy (non-hydrogen) atoms. The second kappa shape index (κ2) is 10.0. The van der Waals surface area contributed by atoms with E-state index in [2.05, 4.69) is 15.4 Å². The number of nitrogen functional groups attached to an aromatic ring is 1. The van der Waals surface area contributed by atoms with Gasteiger partial charge >= 0.3 is 0 Å². The number of benzene rings is 2. The lowest BCUT2D eigenvalue weighted by Gasteiger charge is -2.25. The average molecular weight is 481 g/mol. The molecule has 0 unspecified atom stereocenters. The van der Waals surface area contributed by atoms with E-state index in [0.29, 0.717) is 24.2 Å². The summed E-state index contributed by atoms with van der Waals surface area (Å²) in [6.07, 6.45) is 6.91. The fourth-order valence-electron chi connectivity index (χ4n) is 4.63. The van der Waals surface area contributed by atoms with Gasteiger partial charge in [0.05, 0.1) is 11.8 Å². The number of carbonyl (C=O) groups excluding carboxylic acids is 2. The Bertz CT molecular complexity index is 1400. The van der Waals surface area contributed by atoms with Gasteiger partial charge in [0.25, 0.3) is 11.8 Å². The Balaban J connectivity index is 1.28. The summed E-state index contributed by atoms with van der Waals surface area (Å²) in [5, 5.41) is 7.14. The largest absolute Gasteiger partial charge is 0.383 e. The lowest BCUT2D eigenvalue weighted by Crippen LogP contribution is -2.43. The van der Waals surface area contributed by atoms with E-state index in [9.17, 15) is 9.59 Å². The third-order valence-corrected chi connectivity index (χ3v) is 6.55. The van der Waals surface area contributed by atoms with Crippen molar-refractivity contribution in [2.45, 2.75) is 18.9 Å². The van der Waals surface area contributed by atoms with Gasteiger partial charge in [-0.05, 0) is 42.2 Å². The first kappa shape index (κ1) is 23.3. The zero-order chi connectivity index (χ0) is 25.1. The van der Waals surface area contributed by atoms with Crippen molar-refractivity contribution < 1.29 is 9.59 Å². The Labute approximate surface area is 209 Å². The summed E-state index contributed by atoms with van der Waals surface area (Å²) in [5.74, 6) is -0.169. The summed E-state index contributed by atoms with van der Waals surface area (Å²) in [6.45, 7) is 1.01. The molecule has 2 amide bonds. The van der Waals surface area contributed by atoms with Crippen LogP contribution in [0.25, 0.3) is 22.3 Å². The van der Waals surface area contributed by atoms with Gasteiger partial charge in [0.15, 0.2) is 0 Å². The highest BCUT2D eigenvalue weighted by Crippen LogP contribution is 2.25. The van der Waals surface area contributed by atoms with E-state index >= 15 is 0 Å². The van der Waals surface area contributed by atoms with Crippen molar-refractivity contribution in [1.29, 1.82) is 0 Å². The summed E-state index contributed by atoms with van der Waals surface area (Å²) < 4.78 is 1.69. The zero-order valence-corrected chi connectivity index (χ0v) is 20.1. The molecule has 0 spiro atoms. The summed E-state index contributed by atoms with van der Waals surface area (Å²) >= 11 is 0. The van der Waals surface area contributed by atoms with Crippen LogP contribution in [0.15, 0.2) is 79.3 Å². The van der Waals surface area contributed by atoms with Gasteiger partial charge in [-0.15, -0.1) is 0 Å². The van der Waals surface area contributed by atoms with Crippen LogP contribution in [0.3, 0.4) is 0 Å². The van der Waals surface area contributed by atoms with Gasteiger partial charge in [0, 0.05) is 55.3 Å². The molecular weight excluding hydrogens is 452 g/mol. The van der Waals surface area contributed by atoms with E-state index in [1.165, 1.54) is 0 Å². The third kappa shape index (κ3) is 4.84. The lowest BCUT2D eigenvalue weighted by molar-refractivity contribution is 0.0725. The van der Waals surface area contributed by atoms with E-state index in [1.54, 1.807) is 23.1 Å². The molecule has 0 bridgehead atoms. The number of hydrogen-bond acceptors (Lipinski definition) is 5. The van der Waals surface area contributed by atoms with Crippen molar-refractivity contribution in [3.05, 3.63) is 90.4 Å². The van der Waals surface area contributed by atoms with E-state index in [1.807, 2.05) is 72.7 Å². The number of rotatable bonds is 6. The van der Waals surface area contributed by atoms with Gasteiger partial charge in [-0.2, -0.15) is 5.10 Å². The maximum absolute atomic E-state index is 13.4. The highest BCUT2D eigenvalue weighted by atomic mass is 16.2. The molecule has 0 radical (unpaired) electrons. The van der Waals surface area contributed by atoms with Crippen molar-refractivity contribution in [2.24, 2.45) is 7.05 Å². The number of nitrogens with two attached hydrogens (primary N) is 1. The van der Waals surface area contributed by atoms with Crippen LogP contribution in [0.1, 0.15) is 33.6 Å². The van der Waals surface area contributed by atoms with E-state index < -0.39 is 0 Å². The number of hydrogen-bond donors (Lipinski definition) is 2. The first-order chi connectivity index (χ1) is 17.5. The molecular formula is C28H28N6O2. The van der Waals surface area contributed by atoms with Crippen LogP contribution in [-0.4, -0.2) is 50.6 Å². The fraction of sp³-hybridized carbons (Fsp3) is 0.214. The number of amides is 2. The topological polar surface area (TPSA) is 106 Å². The molecule has 1 aliphatic rings. The van der Waals surface area contributed by atoms with Crippen LogP contribution < -0.4 is 11.1 Å². The van der Waals surface area contributed by atoms with Gasteiger partial charge in [0.2, 0.25) is 0 Å².